The van der Waals surface area contributed by atoms with Crippen LogP contribution in [0.4, 0.5) is 0 Å². The summed E-state index contributed by atoms with van der Waals surface area (Å²) in [5.74, 6) is 7.56. The zero-order valence-electron chi connectivity index (χ0n) is 73.5. The second kappa shape index (κ2) is 53.3. The lowest BCUT2D eigenvalue weighted by Crippen LogP contribution is -2.15. The van der Waals surface area contributed by atoms with E-state index in [9.17, 15) is 0 Å². The number of unbranched alkanes of at least 4 members (excludes halogenated alkanes) is 30. The molecule has 0 spiro atoms. The van der Waals surface area contributed by atoms with Crippen molar-refractivity contribution in [3.63, 3.8) is 0 Å². The van der Waals surface area contributed by atoms with Crippen LogP contribution >= 0.6 is 0 Å². The molecule has 0 amide bonds. The second-order valence-electron chi connectivity index (χ2n) is 32.0. The number of para-hydroxylation sites is 2. The maximum atomic E-state index is 6.90. The first-order chi connectivity index (χ1) is 59.4. The standard InChI is InChI=1S/C98H140N8O14/c1-7-13-19-25-31-39-47-111-83-65-73-74(66-84(83)112-48-40-32-26-20-14-8-2)92-99-91(73)100-93-75-67-85(113-49-41-33-27-21-15-9-3)87(115-51-43-35-29-23-17-11-5)69-77(75)95(102-93)104-97-79-71-89-90(120-64-60-110-56-54-108-58-62-118-82-46-38-37-45-81(82)117-61-57-107-53-55-109-59-63-119-89)72-80(79)98(106-97)105-96-78-70-88(116-52-44-36-30-24-18-12-6)86(68-76(78)94(101-92)103-96)114-50-42-34-28-22-16-10-4/h37-38,45-46,65-72H,7-36,39-44,47-64H2,1-6H3,(H2,99,100,101,102,103,104,105,106). The predicted octanol–water partition coefficient (Wildman–Crippen LogP) is 24.6. The molecular formula is C98H140N8O14. The first-order valence-corrected chi connectivity index (χ1v) is 46.6. The summed E-state index contributed by atoms with van der Waals surface area (Å²) in [6.07, 6.45) is 40.5. The maximum Gasteiger partial charge on any atom is 0.164 e. The van der Waals surface area contributed by atoms with Crippen molar-refractivity contribution in [3.8, 4) is 103 Å². The van der Waals surface area contributed by atoms with Crippen molar-refractivity contribution < 1.29 is 66.3 Å². The van der Waals surface area contributed by atoms with Crippen LogP contribution in [0.15, 0.2) is 72.8 Å². The van der Waals surface area contributed by atoms with Crippen molar-refractivity contribution in [1.29, 1.82) is 0 Å². The molecule has 0 saturated carbocycles. The van der Waals surface area contributed by atoms with Gasteiger partial charge in [-0.2, -0.15) is 0 Å². The molecule has 0 atom stereocenters. The summed E-state index contributed by atoms with van der Waals surface area (Å²) < 4.78 is 91.2. The van der Waals surface area contributed by atoms with Crippen molar-refractivity contribution in [2.45, 2.75) is 273 Å². The van der Waals surface area contributed by atoms with E-state index in [2.05, 4.69) is 87.9 Å². The SMILES string of the molecule is CCCCCCCCOc1cc2c(cc1OCCCCCCCC)-c1nc-2nc2[nH]c(nc3nc(nc4[nH]c(n1)c1cc(OCCCCCCCC)c(OCCCCCCCC)cc41)-c1cc4c(cc1-3)OCCOCCOCCOc1ccccc1OCCOCCOCCO4)c1cc(OCCCCCCCC)c(OCCCCCCCC)cc21. The van der Waals surface area contributed by atoms with E-state index < -0.39 is 0 Å². The Balaban J connectivity index is 1.10. The molecule has 0 saturated heterocycles. The molecule has 22 nitrogen and oxygen atoms in total. The monoisotopic (exact) mass is 1650 g/mol. The van der Waals surface area contributed by atoms with Crippen LogP contribution in [0.25, 0.3) is 89.7 Å². The third-order valence-corrected chi connectivity index (χ3v) is 22.2. The molecule has 0 fully saturated rings. The van der Waals surface area contributed by atoms with Gasteiger partial charge in [0, 0.05) is 43.8 Å². The fourth-order valence-corrected chi connectivity index (χ4v) is 15.3. The summed E-state index contributed by atoms with van der Waals surface area (Å²) in [6.45, 7) is 20.4. The van der Waals surface area contributed by atoms with Gasteiger partial charge < -0.3 is 76.3 Å². The van der Waals surface area contributed by atoms with Gasteiger partial charge in [-0.3, -0.25) is 0 Å². The van der Waals surface area contributed by atoms with Gasteiger partial charge in [-0.1, -0.05) is 246 Å². The minimum absolute atomic E-state index is 0.186. The number of aromatic amines is 2. The van der Waals surface area contributed by atoms with E-state index in [-0.39, 0.29) is 26.4 Å². The highest BCUT2D eigenvalue weighted by Gasteiger charge is 2.29. The van der Waals surface area contributed by atoms with Crippen molar-refractivity contribution in [2.24, 2.45) is 0 Å². The minimum atomic E-state index is 0.186. The Morgan fingerprint density at radius 1 is 0.233 bits per heavy atom. The smallest absolute Gasteiger partial charge is 0.164 e. The summed E-state index contributed by atoms with van der Waals surface area (Å²) >= 11 is 0. The van der Waals surface area contributed by atoms with Crippen LogP contribution in [0.5, 0.6) is 57.5 Å². The van der Waals surface area contributed by atoms with E-state index in [4.69, 9.17) is 96.2 Å². The fraction of sp³-hybridized carbons (Fsp3) is 0.612. The Morgan fingerprint density at radius 3 is 0.692 bits per heavy atom. The largest absolute Gasteiger partial charge is 0.490 e. The first-order valence-electron chi connectivity index (χ1n) is 46.6. The molecule has 22 heteroatoms. The quantitative estimate of drug-likeness (QED) is 0.0337. The molecule has 0 unspecified atom stereocenters. The number of fused-ring (bicyclic) bond motifs is 22. The number of ether oxygens (including phenoxy) is 14. The maximum absolute atomic E-state index is 6.90. The van der Waals surface area contributed by atoms with Crippen LogP contribution in [-0.4, -0.2) is 159 Å². The lowest BCUT2D eigenvalue weighted by atomic mass is 10.1. The third kappa shape index (κ3) is 29.0. The molecule has 656 valence electrons. The molecule has 3 aliphatic rings. The Labute approximate surface area is 714 Å². The minimum Gasteiger partial charge on any atom is -0.490 e. The van der Waals surface area contributed by atoms with Crippen LogP contribution in [0, 0.1) is 0 Å². The average Bonchev–Trinajstić information content (AvgIpc) is 1.59. The summed E-state index contributed by atoms with van der Waals surface area (Å²) in [4.78, 5) is 41.1. The Bertz CT molecular complexity index is 4070. The van der Waals surface area contributed by atoms with E-state index in [0.29, 0.717) is 207 Å². The predicted molar refractivity (Wildman–Crippen MR) is 481 cm³/mol. The number of rotatable bonds is 48. The molecule has 11 rings (SSSR count). The van der Waals surface area contributed by atoms with Gasteiger partial charge in [-0.15, -0.1) is 0 Å². The molecule has 120 heavy (non-hydrogen) atoms. The van der Waals surface area contributed by atoms with Gasteiger partial charge in [0.2, 0.25) is 0 Å². The van der Waals surface area contributed by atoms with Crippen molar-refractivity contribution in [3.05, 3.63) is 72.8 Å². The van der Waals surface area contributed by atoms with Gasteiger partial charge >= 0.3 is 0 Å². The summed E-state index contributed by atoms with van der Waals surface area (Å²) in [6, 6.07) is 23.9. The second-order valence-corrected chi connectivity index (χ2v) is 32.0. The van der Waals surface area contributed by atoms with Crippen LogP contribution in [0.1, 0.15) is 273 Å². The average molecular weight is 1650 g/mol. The Kier molecular flexibility index (Phi) is 40.8. The number of nitrogens with zero attached hydrogens (tertiary/aromatic N) is 6. The van der Waals surface area contributed by atoms with E-state index in [0.717, 1.165) is 148 Å². The van der Waals surface area contributed by atoms with Gasteiger partial charge in [0.15, 0.2) is 80.8 Å². The molecule has 0 radical (unpaired) electrons. The van der Waals surface area contributed by atoms with Crippen LogP contribution < -0.4 is 47.4 Å². The molecule has 2 N–H and O–H groups in total. The summed E-state index contributed by atoms with van der Waals surface area (Å²) in [7, 11) is 0. The van der Waals surface area contributed by atoms with Gasteiger partial charge in [-0.05, 0) is 99.2 Å². The van der Waals surface area contributed by atoms with Gasteiger partial charge in [0.1, 0.15) is 49.0 Å². The highest BCUT2D eigenvalue weighted by atomic mass is 16.6. The van der Waals surface area contributed by atoms with Gasteiger partial charge in [0.05, 0.1) is 92.5 Å². The lowest BCUT2D eigenvalue weighted by molar-refractivity contribution is 0.0223. The van der Waals surface area contributed by atoms with Crippen LogP contribution in [0.2, 0.25) is 0 Å². The normalized spacial score (nSPS) is 13.7. The molecule has 5 aromatic carbocycles. The Hall–Kier alpha value is -8.70. The number of H-pyrrole nitrogens is 2. The molecule has 8 aromatic rings. The first kappa shape index (κ1) is 92.0. The molecule has 3 aromatic heterocycles. The van der Waals surface area contributed by atoms with Crippen molar-refractivity contribution in [1.82, 2.24) is 39.9 Å². The summed E-state index contributed by atoms with van der Waals surface area (Å²) in [5, 5.41) is 2.99. The third-order valence-electron chi connectivity index (χ3n) is 22.2. The number of aromatic nitrogens is 8. The topological polar surface area (TPSA) is 238 Å². The summed E-state index contributed by atoms with van der Waals surface area (Å²) in [5.41, 5.74) is 4.74. The van der Waals surface area contributed by atoms with Gasteiger partial charge in [-0.25, -0.2) is 29.9 Å². The van der Waals surface area contributed by atoms with E-state index >= 15 is 0 Å². The van der Waals surface area contributed by atoms with Crippen molar-refractivity contribution >= 4 is 44.1 Å². The lowest BCUT2D eigenvalue weighted by Gasteiger charge is -2.15. The number of nitrogens with one attached hydrogen (secondary N) is 2. The highest BCUT2D eigenvalue weighted by molar-refractivity contribution is 6.08. The van der Waals surface area contributed by atoms with E-state index in [1.165, 1.54) is 116 Å². The molecular weight excluding hydrogens is 1510 g/mol. The van der Waals surface area contributed by atoms with Gasteiger partial charge in [0.25, 0.3) is 0 Å². The molecule has 3 aliphatic heterocycles. The fourth-order valence-electron chi connectivity index (χ4n) is 15.3. The zero-order chi connectivity index (χ0) is 83.2. The van der Waals surface area contributed by atoms with Crippen LogP contribution in [-0.2, 0) is 18.9 Å². The molecule has 6 heterocycles. The van der Waals surface area contributed by atoms with Crippen molar-refractivity contribution in [2.75, 3.05) is 119 Å². The van der Waals surface area contributed by atoms with E-state index in [1.807, 2.05) is 36.4 Å². The van der Waals surface area contributed by atoms with Crippen LogP contribution in [0.3, 0.4) is 0 Å². The number of hydrogen-bond acceptors (Lipinski definition) is 20. The zero-order valence-corrected chi connectivity index (χ0v) is 73.5. The van der Waals surface area contributed by atoms with E-state index in [1.54, 1.807) is 0 Å². The number of benzene rings is 5. The highest BCUT2D eigenvalue weighted by Crippen LogP contribution is 2.47. The Morgan fingerprint density at radius 2 is 0.442 bits per heavy atom. The number of hydrogen-bond donors (Lipinski definition) is 2. The molecule has 0 aliphatic carbocycles. The molecule has 8 bridgehead atoms.